The second-order valence-electron chi connectivity index (χ2n) is 6.60. The molecule has 1 aliphatic carbocycles. The van der Waals surface area contributed by atoms with E-state index in [0.29, 0.717) is 18.8 Å². The molecule has 3 N–H and O–H groups in total. The Hall–Kier alpha value is -1.97. The highest BCUT2D eigenvalue weighted by Crippen LogP contribution is 2.24. The van der Waals surface area contributed by atoms with Crippen LogP contribution in [0, 0.1) is 0 Å². The largest absolute Gasteiger partial charge is 0.384 e. The van der Waals surface area contributed by atoms with E-state index < -0.39 is 5.60 Å². The molecular formula is C16H24N4O5. The van der Waals surface area contributed by atoms with Crippen molar-refractivity contribution >= 4 is 11.8 Å². The Kier molecular flexibility index (Phi) is 5.36. The molecule has 3 rings (SSSR count). The van der Waals surface area contributed by atoms with Crippen molar-refractivity contribution in [3.8, 4) is 0 Å². The first-order chi connectivity index (χ1) is 12.0. The van der Waals surface area contributed by atoms with Crippen molar-refractivity contribution in [2.24, 2.45) is 0 Å². The van der Waals surface area contributed by atoms with E-state index in [2.05, 4.69) is 15.5 Å². The van der Waals surface area contributed by atoms with E-state index in [4.69, 9.17) is 9.47 Å². The Balaban J connectivity index is 1.68. The summed E-state index contributed by atoms with van der Waals surface area (Å²) in [5.74, 6) is -0.547. The molecule has 0 bridgehead atoms. The van der Waals surface area contributed by atoms with E-state index in [-0.39, 0.29) is 38.1 Å². The number of carbonyl (C=O) groups excluding carboxylic acids is 2. The second kappa shape index (κ2) is 7.51. The normalized spacial score (nSPS) is 23.2. The Morgan fingerprint density at radius 1 is 1.48 bits per heavy atom. The summed E-state index contributed by atoms with van der Waals surface area (Å²) in [7, 11) is 1.42. The summed E-state index contributed by atoms with van der Waals surface area (Å²) in [6.07, 6.45) is 2.77. The minimum absolute atomic E-state index is 0.0162. The standard InChI is InChI=1S/C16H24N4O5/c1-24-7-13(21)17-8-16(23)9-20(5-6-25-10-16)15(22)14-11-3-2-4-12(11)18-19-14/h23H,2-10H2,1H3,(H,17,21)(H,18,19)/t16-/m0/s1. The number of ether oxygens (including phenoxy) is 2. The van der Waals surface area contributed by atoms with Crippen molar-refractivity contribution in [1.29, 1.82) is 0 Å². The highest BCUT2D eigenvalue weighted by molar-refractivity contribution is 5.94. The van der Waals surface area contributed by atoms with Crippen molar-refractivity contribution < 1.29 is 24.2 Å². The lowest BCUT2D eigenvalue weighted by molar-refractivity contribution is -0.126. The zero-order chi connectivity index (χ0) is 17.9. The molecule has 25 heavy (non-hydrogen) atoms. The third kappa shape index (κ3) is 4.00. The molecule has 2 aliphatic rings. The van der Waals surface area contributed by atoms with E-state index in [1.54, 1.807) is 4.90 Å². The fourth-order valence-corrected chi connectivity index (χ4v) is 3.29. The first kappa shape index (κ1) is 17.8. The molecule has 1 aromatic rings. The lowest BCUT2D eigenvalue weighted by Gasteiger charge is -2.30. The Morgan fingerprint density at radius 3 is 3.12 bits per heavy atom. The molecule has 1 atom stereocenters. The van der Waals surface area contributed by atoms with Gasteiger partial charge >= 0.3 is 0 Å². The van der Waals surface area contributed by atoms with Crippen LogP contribution in [0.1, 0.15) is 28.2 Å². The maximum absolute atomic E-state index is 12.9. The molecule has 138 valence electrons. The summed E-state index contributed by atoms with van der Waals surface area (Å²) in [4.78, 5) is 26.0. The van der Waals surface area contributed by atoms with Gasteiger partial charge in [0.05, 0.1) is 26.3 Å². The number of aryl methyl sites for hydroxylation is 1. The van der Waals surface area contributed by atoms with Gasteiger partial charge in [-0.2, -0.15) is 5.10 Å². The topological polar surface area (TPSA) is 117 Å². The molecule has 9 nitrogen and oxygen atoms in total. The second-order valence-corrected chi connectivity index (χ2v) is 6.60. The number of fused-ring (bicyclic) bond motifs is 1. The molecule has 2 amide bonds. The summed E-state index contributed by atoms with van der Waals surface area (Å²) in [6.45, 7) is 0.710. The number of hydrogen-bond donors (Lipinski definition) is 3. The monoisotopic (exact) mass is 352 g/mol. The van der Waals surface area contributed by atoms with E-state index >= 15 is 0 Å². The van der Waals surface area contributed by atoms with E-state index in [9.17, 15) is 14.7 Å². The first-order valence-corrected chi connectivity index (χ1v) is 8.43. The number of aromatic amines is 1. The minimum Gasteiger partial charge on any atom is -0.384 e. The quantitative estimate of drug-likeness (QED) is 0.617. The van der Waals surface area contributed by atoms with Gasteiger partial charge in [0.15, 0.2) is 5.69 Å². The zero-order valence-corrected chi connectivity index (χ0v) is 14.3. The van der Waals surface area contributed by atoms with Crippen molar-refractivity contribution in [2.75, 3.05) is 46.6 Å². The van der Waals surface area contributed by atoms with Gasteiger partial charge in [0.2, 0.25) is 5.91 Å². The highest BCUT2D eigenvalue weighted by Gasteiger charge is 2.36. The van der Waals surface area contributed by atoms with Crippen molar-refractivity contribution in [1.82, 2.24) is 20.4 Å². The van der Waals surface area contributed by atoms with Gasteiger partial charge in [0.1, 0.15) is 12.2 Å². The van der Waals surface area contributed by atoms with Crippen LogP contribution in [0.25, 0.3) is 0 Å². The van der Waals surface area contributed by atoms with Crippen molar-refractivity contribution in [3.05, 3.63) is 17.0 Å². The highest BCUT2D eigenvalue weighted by atomic mass is 16.5. The Morgan fingerprint density at radius 2 is 2.32 bits per heavy atom. The molecule has 0 radical (unpaired) electrons. The number of nitrogens with zero attached hydrogens (tertiary/aromatic N) is 2. The van der Waals surface area contributed by atoms with Gasteiger partial charge in [-0.05, 0) is 19.3 Å². The molecule has 0 saturated carbocycles. The molecule has 1 aliphatic heterocycles. The maximum atomic E-state index is 12.9. The van der Waals surface area contributed by atoms with Crippen LogP contribution < -0.4 is 5.32 Å². The number of H-pyrrole nitrogens is 1. The smallest absolute Gasteiger partial charge is 0.274 e. The first-order valence-electron chi connectivity index (χ1n) is 8.43. The average Bonchev–Trinajstić information content (AvgIpc) is 3.14. The number of aromatic nitrogens is 2. The fraction of sp³-hybridized carbons (Fsp3) is 0.688. The van der Waals surface area contributed by atoms with Crippen LogP contribution in [0.5, 0.6) is 0 Å². The number of amides is 2. The average molecular weight is 352 g/mol. The summed E-state index contributed by atoms with van der Waals surface area (Å²) in [6, 6.07) is 0. The summed E-state index contributed by atoms with van der Waals surface area (Å²) in [5.41, 5.74) is 1.08. The minimum atomic E-state index is -1.35. The van der Waals surface area contributed by atoms with Gasteiger partial charge in [-0.3, -0.25) is 14.7 Å². The number of rotatable bonds is 5. The van der Waals surface area contributed by atoms with E-state index in [1.807, 2.05) is 0 Å². The van der Waals surface area contributed by atoms with Gasteiger partial charge in [0, 0.05) is 24.9 Å². The zero-order valence-electron chi connectivity index (χ0n) is 14.3. The predicted molar refractivity (Wildman–Crippen MR) is 87.2 cm³/mol. The van der Waals surface area contributed by atoms with Crippen LogP contribution in [-0.4, -0.2) is 84.2 Å². The summed E-state index contributed by atoms with van der Waals surface area (Å²) < 4.78 is 10.2. The van der Waals surface area contributed by atoms with Crippen LogP contribution in [0.15, 0.2) is 0 Å². The molecule has 1 saturated heterocycles. The number of methoxy groups -OCH3 is 1. The Labute approximate surface area is 145 Å². The van der Waals surface area contributed by atoms with Gasteiger partial charge in [0.25, 0.3) is 5.91 Å². The lowest BCUT2D eigenvalue weighted by atomic mass is 10.0. The number of carbonyl (C=O) groups is 2. The third-order valence-electron chi connectivity index (χ3n) is 4.55. The summed E-state index contributed by atoms with van der Waals surface area (Å²) >= 11 is 0. The number of hydrogen-bond acceptors (Lipinski definition) is 6. The van der Waals surface area contributed by atoms with Crippen molar-refractivity contribution in [2.45, 2.75) is 24.9 Å². The predicted octanol–water partition coefficient (Wildman–Crippen LogP) is -1.14. The molecule has 0 unspecified atom stereocenters. The number of nitrogens with one attached hydrogen (secondary N) is 2. The van der Waals surface area contributed by atoms with Gasteiger partial charge in [-0.1, -0.05) is 0 Å². The fourth-order valence-electron chi connectivity index (χ4n) is 3.29. The molecular weight excluding hydrogens is 328 g/mol. The summed E-state index contributed by atoms with van der Waals surface area (Å²) in [5, 5.41) is 20.5. The van der Waals surface area contributed by atoms with Crippen LogP contribution in [0.4, 0.5) is 0 Å². The molecule has 9 heteroatoms. The van der Waals surface area contributed by atoms with Gasteiger partial charge in [-0.25, -0.2) is 0 Å². The van der Waals surface area contributed by atoms with Crippen LogP contribution in [-0.2, 0) is 27.1 Å². The number of β-amino-alcohol motifs (C(OH)–C–C–N with tert-alkyl or cyclic N) is 1. The van der Waals surface area contributed by atoms with Gasteiger partial charge in [-0.15, -0.1) is 0 Å². The molecule has 1 aromatic heterocycles. The maximum Gasteiger partial charge on any atom is 0.274 e. The Bertz CT molecular complexity index is 646. The van der Waals surface area contributed by atoms with Crippen molar-refractivity contribution in [3.63, 3.8) is 0 Å². The van der Waals surface area contributed by atoms with E-state index in [0.717, 1.165) is 30.5 Å². The number of aliphatic hydroxyl groups is 1. The SMILES string of the molecule is COCC(=O)NC[C@@]1(O)COCCN(C(=O)c2n[nH]c3c2CCC3)C1. The lowest BCUT2D eigenvalue weighted by Crippen LogP contribution is -2.53. The molecule has 0 spiro atoms. The van der Waals surface area contributed by atoms with Gasteiger partial charge < -0.3 is 24.8 Å². The molecule has 0 aromatic carbocycles. The third-order valence-corrected chi connectivity index (χ3v) is 4.55. The van der Waals surface area contributed by atoms with Crippen LogP contribution >= 0.6 is 0 Å². The van der Waals surface area contributed by atoms with Crippen LogP contribution in [0.3, 0.4) is 0 Å². The molecule has 1 fully saturated rings. The van der Waals surface area contributed by atoms with E-state index in [1.165, 1.54) is 7.11 Å². The van der Waals surface area contributed by atoms with Crippen LogP contribution in [0.2, 0.25) is 0 Å². The molecule has 2 heterocycles.